The number of rotatable bonds is 5. The molecule has 0 atom stereocenters. The normalized spacial score (nSPS) is 13.9. The minimum atomic E-state index is -3.77. The monoisotopic (exact) mass is 493 g/mol. The van der Waals surface area contributed by atoms with Gasteiger partial charge in [0.25, 0.3) is 5.91 Å². The maximum Gasteiger partial charge on any atom is 0.255 e. The van der Waals surface area contributed by atoms with Gasteiger partial charge in [-0.1, -0.05) is 41.9 Å². The molecule has 0 bridgehead atoms. The van der Waals surface area contributed by atoms with Crippen molar-refractivity contribution in [3.63, 3.8) is 0 Å². The van der Waals surface area contributed by atoms with Crippen molar-refractivity contribution in [1.29, 1.82) is 0 Å². The summed E-state index contributed by atoms with van der Waals surface area (Å²) < 4.78 is 29.6. The number of nitrogens with zero attached hydrogens (tertiary/aromatic N) is 4. The summed E-state index contributed by atoms with van der Waals surface area (Å²) in [6, 6.07) is 18.9. The van der Waals surface area contributed by atoms with Crippen LogP contribution in [-0.2, 0) is 23.0 Å². The fourth-order valence-electron chi connectivity index (χ4n) is 3.96. The van der Waals surface area contributed by atoms with Gasteiger partial charge in [-0.2, -0.15) is 9.40 Å². The molecule has 2 heterocycles. The molecule has 5 rings (SSSR count). The van der Waals surface area contributed by atoms with E-state index in [0.717, 1.165) is 11.1 Å². The lowest BCUT2D eigenvalue weighted by atomic mass is 10.0. The molecule has 1 N–H and O–H groups in total. The third-order valence-electron chi connectivity index (χ3n) is 5.70. The second-order valence-corrected chi connectivity index (χ2v) is 10.2. The van der Waals surface area contributed by atoms with Crippen LogP contribution in [0.5, 0.6) is 0 Å². The number of amides is 1. The van der Waals surface area contributed by atoms with Gasteiger partial charge >= 0.3 is 0 Å². The Hall–Kier alpha value is -3.53. The largest absolute Gasteiger partial charge is 0.320 e. The van der Waals surface area contributed by atoms with Gasteiger partial charge in [-0.15, -0.1) is 0 Å². The van der Waals surface area contributed by atoms with Gasteiger partial charge < -0.3 is 5.32 Å². The highest BCUT2D eigenvalue weighted by Crippen LogP contribution is 2.27. The zero-order valence-electron chi connectivity index (χ0n) is 17.9. The molecule has 1 aliphatic heterocycles. The SMILES string of the molecule is O=C(Nc1cc(Cl)ccc1-n1cncn1)c1cccc(S(=O)(=O)N2CCc3ccccc3C2)c1. The third-order valence-corrected chi connectivity index (χ3v) is 7.78. The van der Waals surface area contributed by atoms with Crippen molar-refractivity contribution in [1.82, 2.24) is 19.1 Å². The van der Waals surface area contributed by atoms with Gasteiger partial charge in [0.1, 0.15) is 12.7 Å². The van der Waals surface area contributed by atoms with Crippen LogP contribution in [0.15, 0.2) is 84.3 Å². The van der Waals surface area contributed by atoms with Gasteiger partial charge in [-0.05, 0) is 53.9 Å². The van der Waals surface area contributed by atoms with Gasteiger partial charge in [0.2, 0.25) is 10.0 Å². The Morgan fingerprint density at radius 3 is 2.62 bits per heavy atom. The molecule has 0 unspecified atom stereocenters. The van der Waals surface area contributed by atoms with Crippen LogP contribution >= 0.6 is 11.6 Å². The van der Waals surface area contributed by atoms with Gasteiger partial charge in [0, 0.05) is 23.7 Å². The van der Waals surface area contributed by atoms with Gasteiger partial charge in [0.15, 0.2) is 0 Å². The van der Waals surface area contributed by atoms with E-state index in [1.165, 1.54) is 33.8 Å². The van der Waals surface area contributed by atoms with E-state index in [1.807, 2.05) is 24.3 Å². The van der Waals surface area contributed by atoms with E-state index in [1.54, 1.807) is 30.3 Å². The maximum absolute atomic E-state index is 13.3. The Morgan fingerprint density at radius 2 is 1.82 bits per heavy atom. The Morgan fingerprint density at radius 1 is 1.00 bits per heavy atom. The summed E-state index contributed by atoms with van der Waals surface area (Å²) in [6.45, 7) is 0.693. The molecule has 0 fully saturated rings. The standard InChI is InChI=1S/C24H20ClN5O3S/c25-20-8-9-23(30-16-26-15-27-30)22(13-20)28-24(31)18-6-3-7-21(12-18)34(32,33)29-11-10-17-4-1-2-5-19(17)14-29/h1-9,12-13,15-16H,10-11,14H2,(H,28,31). The van der Waals surface area contributed by atoms with Crippen LogP contribution in [0.2, 0.25) is 5.02 Å². The number of hydrogen-bond donors (Lipinski definition) is 1. The van der Waals surface area contributed by atoms with E-state index >= 15 is 0 Å². The zero-order valence-corrected chi connectivity index (χ0v) is 19.5. The highest BCUT2D eigenvalue weighted by molar-refractivity contribution is 7.89. The molecular formula is C24H20ClN5O3S. The number of halogens is 1. The van der Waals surface area contributed by atoms with E-state index in [0.29, 0.717) is 35.9 Å². The summed E-state index contributed by atoms with van der Waals surface area (Å²) in [6.07, 6.45) is 3.53. The quantitative estimate of drug-likeness (QED) is 0.454. The number of fused-ring (bicyclic) bond motifs is 1. The first kappa shape index (κ1) is 22.3. The van der Waals surface area contributed by atoms with E-state index in [9.17, 15) is 13.2 Å². The van der Waals surface area contributed by atoms with Crippen LogP contribution < -0.4 is 5.32 Å². The number of sulfonamides is 1. The molecule has 172 valence electrons. The number of aromatic nitrogens is 3. The number of carbonyl (C=O) groups is 1. The van der Waals surface area contributed by atoms with Gasteiger partial charge in [-0.25, -0.2) is 18.1 Å². The summed E-state index contributed by atoms with van der Waals surface area (Å²) >= 11 is 6.13. The molecule has 0 aliphatic carbocycles. The minimum absolute atomic E-state index is 0.0714. The van der Waals surface area contributed by atoms with E-state index in [4.69, 9.17) is 11.6 Å². The molecule has 10 heteroatoms. The lowest BCUT2D eigenvalue weighted by molar-refractivity contribution is 0.102. The molecule has 1 aromatic heterocycles. The van der Waals surface area contributed by atoms with Crippen LogP contribution in [0.1, 0.15) is 21.5 Å². The minimum Gasteiger partial charge on any atom is -0.320 e. The second kappa shape index (κ2) is 9.02. The van der Waals surface area contributed by atoms with Crippen LogP contribution in [0.25, 0.3) is 5.69 Å². The highest BCUT2D eigenvalue weighted by atomic mass is 35.5. The fraction of sp³-hybridized carbons (Fsp3) is 0.125. The van der Waals surface area contributed by atoms with Crippen LogP contribution in [-0.4, -0.2) is 39.9 Å². The Bertz CT molecular complexity index is 1470. The third kappa shape index (κ3) is 4.33. The fourth-order valence-corrected chi connectivity index (χ4v) is 5.59. The summed E-state index contributed by atoms with van der Waals surface area (Å²) in [7, 11) is -3.77. The molecule has 0 spiro atoms. The Kier molecular flexibility index (Phi) is 5.91. The molecule has 1 amide bonds. The number of carbonyl (C=O) groups excluding carboxylic acids is 1. The zero-order chi connectivity index (χ0) is 23.7. The van der Waals surface area contributed by atoms with Crippen molar-refractivity contribution < 1.29 is 13.2 Å². The molecule has 0 radical (unpaired) electrons. The van der Waals surface area contributed by atoms with Crippen molar-refractivity contribution in [2.75, 3.05) is 11.9 Å². The lowest BCUT2D eigenvalue weighted by Gasteiger charge is -2.28. The summed E-state index contributed by atoms with van der Waals surface area (Å²) in [5, 5.41) is 7.34. The first-order valence-corrected chi connectivity index (χ1v) is 12.4. The first-order chi connectivity index (χ1) is 16.4. The molecule has 34 heavy (non-hydrogen) atoms. The van der Waals surface area contributed by atoms with Crippen molar-refractivity contribution in [3.05, 3.63) is 101 Å². The molecule has 0 saturated heterocycles. The Labute approximate surface area is 201 Å². The van der Waals surface area contributed by atoms with Crippen LogP contribution in [0.4, 0.5) is 5.69 Å². The molecule has 8 nitrogen and oxygen atoms in total. The van der Waals surface area contributed by atoms with Crippen molar-refractivity contribution >= 4 is 33.2 Å². The molecule has 0 saturated carbocycles. The van der Waals surface area contributed by atoms with Gasteiger partial charge in [-0.3, -0.25) is 4.79 Å². The van der Waals surface area contributed by atoms with Crippen molar-refractivity contribution in [2.45, 2.75) is 17.9 Å². The molecule has 3 aromatic carbocycles. The molecule has 4 aromatic rings. The first-order valence-electron chi connectivity index (χ1n) is 10.5. The maximum atomic E-state index is 13.3. The average molecular weight is 494 g/mol. The predicted octanol–water partition coefficient (Wildman–Crippen LogP) is 3.92. The second-order valence-electron chi connectivity index (χ2n) is 7.84. The van der Waals surface area contributed by atoms with Crippen molar-refractivity contribution in [3.8, 4) is 5.69 Å². The number of hydrogen-bond acceptors (Lipinski definition) is 5. The highest BCUT2D eigenvalue weighted by Gasteiger charge is 2.28. The smallest absolute Gasteiger partial charge is 0.255 e. The van der Waals surface area contributed by atoms with E-state index < -0.39 is 15.9 Å². The molecular weight excluding hydrogens is 474 g/mol. The number of nitrogens with one attached hydrogen (secondary N) is 1. The summed E-state index contributed by atoms with van der Waals surface area (Å²) in [5.74, 6) is -0.468. The summed E-state index contributed by atoms with van der Waals surface area (Å²) in [4.78, 5) is 17.1. The summed E-state index contributed by atoms with van der Waals surface area (Å²) in [5.41, 5.74) is 3.36. The van der Waals surface area contributed by atoms with E-state index in [-0.39, 0.29) is 10.5 Å². The van der Waals surface area contributed by atoms with Crippen molar-refractivity contribution in [2.24, 2.45) is 0 Å². The van der Waals surface area contributed by atoms with E-state index in [2.05, 4.69) is 15.4 Å². The Balaban J connectivity index is 1.41. The molecule has 1 aliphatic rings. The van der Waals surface area contributed by atoms with Crippen LogP contribution in [0, 0.1) is 0 Å². The topological polar surface area (TPSA) is 97.2 Å². The lowest BCUT2D eigenvalue weighted by Crippen LogP contribution is -2.36. The number of benzene rings is 3. The predicted molar refractivity (Wildman–Crippen MR) is 129 cm³/mol. The van der Waals surface area contributed by atoms with Gasteiger partial charge in [0.05, 0.1) is 16.3 Å². The average Bonchev–Trinajstić information content (AvgIpc) is 3.38. The van der Waals surface area contributed by atoms with Crippen LogP contribution in [0.3, 0.4) is 0 Å². The number of anilines is 1.